The molecule has 2 rings (SSSR count). The van der Waals surface area contributed by atoms with Crippen molar-refractivity contribution >= 4 is 23.1 Å². The number of nitrogens with one attached hydrogen (secondary N) is 1. The predicted molar refractivity (Wildman–Crippen MR) is 86.5 cm³/mol. The molecule has 5 heteroatoms. The fourth-order valence-electron chi connectivity index (χ4n) is 1.91. The Morgan fingerprint density at radius 3 is 2.75 bits per heavy atom. The molecule has 0 saturated carbocycles. The first-order valence-electron chi connectivity index (χ1n) is 7.02. The minimum Gasteiger partial charge on any atom is -0.309 e. The Morgan fingerprint density at radius 1 is 1.35 bits per heavy atom. The second kappa shape index (κ2) is 7.76. The van der Waals surface area contributed by atoms with E-state index in [1.54, 1.807) is 23.1 Å². The molecule has 0 aliphatic rings. The fourth-order valence-corrected chi connectivity index (χ4v) is 3.69. The SMILES string of the molecule is CCCNC(CC)c1ccc(Sc2nc(C)cs2)cn1. The second-order valence-corrected chi connectivity index (χ2v) is 6.87. The number of rotatable bonds is 7. The predicted octanol–water partition coefficient (Wildman–Crippen LogP) is 4.45. The summed E-state index contributed by atoms with van der Waals surface area (Å²) in [6.45, 7) is 7.43. The molecule has 2 aromatic rings. The van der Waals surface area contributed by atoms with Crippen molar-refractivity contribution in [2.24, 2.45) is 0 Å². The zero-order chi connectivity index (χ0) is 14.4. The third kappa shape index (κ3) is 4.30. The van der Waals surface area contributed by atoms with Crippen LogP contribution in [0, 0.1) is 6.92 Å². The van der Waals surface area contributed by atoms with Crippen LogP contribution in [0.25, 0.3) is 0 Å². The van der Waals surface area contributed by atoms with Crippen LogP contribution in [0.15, 0.2) is 32.9 Å². The van der Waals surface area contributed by atoms with Crippen molar-refractivity contribution in [2.75, 3.05) is 6.54 Å². The van der Waals surface area contributed by atoms with Crippen LogP contribution in [0.3, 0.4) is 0 Å². The van der Waals surface area contributed by atoms with Crippen molar-refractivity contribution in [3.8, 4) is 0 Å². The summed E-state index contributed by atoms with van der Waals surface area (Å²) in [5, 5.41) is 5.60. The van der Waals surface area contributed by atoms with E-state index >= 15 is 0 Å². The van der Waals surface area contributed by atoms with Crippen molar-refractivity contribution in [2.45, 2.75) is 48.9 Å². The smallest absolute Gasteiger partial charge is 0.154 e. The molecular formula is C15H21N3S2. The van der Waals surface area contributed by atoms with E-state index in [0.717, 1.165) is 40.0 Å². The highest BCUT2D eigenvalue weighted by atomic mass is 32.2. The molecule has 0 amide bonds. The van der Waals surface area contributed by atoms with Gasteiger partial charge < -0.3 is 5.32 Å². The zero-order valence-electron chi connectivity index (χ0n) is 12.2. The Labute approximate surface area is 129 Å². The largest absolute Gasteiger partial charge is 0.309 e. The van der Waals surface area contributed by atoms with Gasteiger partial charge in [-0.25, -0.2) is 4.98 Å². The van der Waals surface area contributed by atoms with Gasteiger partial charge in [0.1, 0.15) is 0 Å². The summed E-state index contributed by atoms with van der Waals surface area (Å²) in [7, 11) is 0. The molecule has 108 valence electrons. The maximum absolute atomic E-state index is 4.60. The molecule has 0 radical (unpaired) electrons. The highest BCUT2D eigenvalue weighted by molar-refractivity contribution is 8.01. The summed E-state index contributed by atoms with van der Waals surface area (Å²) in [5.74, 6) is 0. The molecule has 1 N–H and O–H groups in total. The zero-order valence-corrected chi connectivity index (χ0v) is 13.9. The Kier molecular flexibility index (Phi) is 6.01. The molecule has 0 aromatic carbocycles. The van der Waals surface area contributed by atoms with Crippen LogP contribution in [0.5, 0.6) is 0 Å². The number of thiazole rings is 1. The van der Waals surface area contributed by atoms with Gasteiger partial charge in [0.2, 0.25) is 0 Å². The van der Waals surface area contributed by atoms with Crippen LogP contribution in [0.4, 0.5) is 0 Å². The van der Waals surface area contributed by atoms with Crippen molar-refractivity contribution in [3.05, 3.63) is 35.1 Å². The molecule has 0 aliphatic heterocycles. The van der Waals surface area contributed by atoms with Crippen LogP contribution in [0.2, 0.25) is 0 Å². The van der Waals surface area contributed by atoms with Crippen LogP contribution in [-0.4, -0.2) is 16.5 Å². The number of pyridine rings is 1. The summed E-state index contributed by atoms with van der Waals surface area (Å²) < 4.78 is 1.08. The van der Waals surface area contributed by atoms with Crippen LogP contribution in [0.1, 0.15) is 44.1 Å². The highest BCUT2D eigenvalue weighted by Gasteiger charge is 2.10. The van der Waals surface area contributed by atoms with Crippen molar-refractivity contribution in [1.29, 1.82) is 0 Å². The number of nitrogens with zero attached hydrogens (tertiary/aromatic N) is 2. The van der Waals surface area contributed by atoms with Crippen molar-refractivity contribution in [3.63, 3.8) is 0 Å². The monoisotopic (exact) mass is 307 g/mol. The summed E-state index contributed by atoms with van der Waals surface area (Å²) in [4.78, 5) is 10.2. The molecule has 0 aliphatic carbocycles. The third-order valence-electron chi connectivity index (χ3n) is 2.97. The van der Waals surface area contributed by atoms with Crippen LogP contribution in [-0.2, 0) is 0 Å². The summed E-state index contributed by atoms with van der Waals surface area (Å²) in [6.07, 6.45) is 4.16. The van der Waals surface area contributed by atoms with Gasteiger partial charge in [-0.1, -0.05) is 25.6 Å². The molecule has 3 nitrogen and oxygen atoms in total. The van der Waals surface area contributed by atoms with E-state index in [1.807, 2.05) is 13.1 Å². The van der Waals surface area contributed by atoms with Gasteiger partial charge >= 0.3 is 0 Å². The molecule has 0 spiro atoms. The molecule has 0 saturated heterocycles. The Hall–Kier alpha value is -0.910. The van der Waals surface area contributed by atoms with Gasteiger partial charge in [0.05, 0.1) is 5.69 Å². The lowest BCUT2D eigenvalue weighted by Crippen LogP contribution is -2.22. The maximum Gasteiger partial charge on any atom is 0.154 e. The van der Waals surface area contributed by atoms with Crippen molar-refractivity contribution in [1.82, 2.24) is 15.3 Å². The molecule has 1 unspecified atom stereocenters. The number of aryl methyl sites for hydroxylation is 1. The summed E-state index contributed by atoms with van der Waals surface area (Å²) in [5.41, 5.74) is 2.21. The van der Waals surface area contributed by atoms with Crippen LogP contribution >= 0.6 is 23.1 Å². The Morgan fingerprint density at radius 2 is 2.20 bits per heavy atom. The van der Waals surface area contributed by atoms with Gasteiger partial charge in [-0.05, 0) is 38.4 Å². The minimum atomic E-state index is 0.358. The topological polar surface area (TPSA) is 37.8 Å². The molecule has 2 heterocycles. The average Bonchev–Trinajstić information content (AvgIpc) is 2.86. The van der Waals surface area contributed by atoms with E-state index in [1.165, 1.54) is 0 Å². The number of hydrogen-bond donors (Lipinski definition) is 1. The van der Waals surface area contributed by atoms with E-state index in [2.05, 4.69) is 46.6 Å². The van der Waals surface area contributed by atoms with E-state index in [4.69, 9.17) is 0 Å². The molecular weight excluding hydrogens is 286 g/mol. The molecule has 1 atom stereocenters. The quantitative estimate of drug-likeness (QED) is 0.820. The minimum absolute atomic E-state index is 0.358. The van der Waals surface area contributed by atoms with Gasteiger partial charge in [-0.3, -0.25) is 4.98 Å². The first-order chi connectivity index (χ1) is 9.72. The van der Waals surface area contributed by atoms with E-state index in [0.29, 0.717) is 6.04 Å². The van der Waals surface area contributed by atoms with Gasteiger partial charge in [0, 0.05) is 28.2 Å². The first-order valence-corrected chi connectivity index (χ1v) is 8.71. The standard InChI is InChI=1S/C15H21N3S2/c1-4-8-16-13(5-2)14-7-6-12(9-17-14)20-15-18-11(3)10-19-15/h6-7,9-10,13,16H,4-5,8H2,1-3H3. The molecule has 20 heavy (non-hydrogen) atoms. The molecule has 0 fully saturated rings. The maximum atomic E-state index is 4.60. The Balaban J connectivity index is 2.01. The first kappa shape index (κ1) is 15.5. The molecule has 2 aromatic heterocycles. The fraction of sp³-hybridized carbons (Fsp3) is 0.467. The van der Waals surface area contributed by atoms with Gasteiger partial charge in [-0.15, -0.1) is 11.3 Å². The third-order valence-corrected chi connectivity index (χ3v) is 5.00. The second-order valence-electron chi connectivity index (χ2n) is 4.69. The van der Waals surface area contributed by atoms with Gasteiger partial charge in [-0.2, -0.15) is 0 Å². The normalized spacial score (nSPS) is 12.6. The van der Waals surface area contributed by atoms with E-state index in [-0.39, 0.29) is 0 Å². The highest BCUT2D eigenvalue weighted by Crippen LogP contribution is 2.30. The van der Waals surface area contributed by atoms with E-state index in [9.17, 15) is 0 Å². The Bertz CT molecular complexity index is 522. The summed E-state index contributed by atoms with van der Waals surface area (Å²) >= 11 is 3.36. The van der Waals surface area contributed by atoms with E-state index < -0.39 is 0 Å². The number of hydrogen-bond acceptors (Lipinski definition) is 5. The number of aromatic nitrogens is 2. The van der Waals surface area contributed by atoms with Gasteiger partial charge in [0.15, 0.2) is 4.34 Å². The van der Waals surface area contributed by atoms with Crippen LogP contribution < -0.4 is 5.32 Å². The lowest BCUT2D eigenvalue weighted by molar-refractivity contribution is 0.507. The lowest BCUT2D eigenvalue weighted by atomic mass is 10.1. The lowest BCUT2D eigenvalue weighted by Gasteiger charge is -2.16. The van der Waals surface area contributed by atoms with Gasteiger partial charge in [0.25, 0.3) is 0 Å². The summed E-state index contributed by atoms with van der Waals surface area (Å²) in [6, 6.07) is 4.62. The average molecular weight is 307 g/mol. The molecule has 0 bridgehead atoms. The van der Waals surface area contributed by atoms with Crippen molar-refractivity contribution < 1.29 is 0 Å².